The number of hydrogen-bond donors (Lipinski definition) is 2. The molecule has 0 aromatic rings. The summed E-state index contributed by atoms with van der Waals surface area (Å²) >= 11 is -1.78. The lowest BCUT2D eigenvalue weighted by Crippen LogP contribution is -2.11. The van der Waals surface area contributed by atoms with Crippen molar-refractivity contribution in [2.45, 2.75) is 18.9 Å². The minimum absolute atomic E-state index is 0.00361. The molecule has 2 atom stereocenters. The molecule has 2 unspecified atom stereocenters. The summed E-state index contributed by atoms with van der Waals surface area (Å²) in [5, 5.41) is 0. The predicted molar refractivity (Wildman–Crippen MR) is 36.1 cm³/mol. The number of allylic oxidation sites excluding steroid dienone is 1. The minimum Gasteiger partial charge on any atom is -0.324 e. The number of rotatable bonds is 1. The molecule has 0 bridgehead atoms. The van der Waals surface area contributed by atoms with E-state index in [1.54, 1.807) is 6.08 Å². The SMILES string of the molecule is NC1C=C(S(=O)O)CC1. The second-order valence-corrected chi connectivity index (χ2v) is 3.11. The molecule has 0 aliphatic heterocycles. The van der Waals surface area contributed by atoms with Gasteiger partial charge in [-0.05, 0) is 12.8 Å². The first-order valence-corrected chi connectivity index (χ1v) is 3.88. The predicted octanol–water partition coefficient (Wildman–Crippen LogP) is 0.213. The molecule has 3 N–H and O–H groups in total. The highest BCUT2D eigenvalue weighted by Crippen LogP contribution is 2.18. The maximum atomic E-state index is 10.3. The third-order valence-electron chi connectivity index (χ3n) is 1.35. The van der Waals surface area contributed by atoms with Gasteiger partial charge in [0.05, 0.1) is 0 Å². The molecule has 4 heteroatoms. The van der Waals surface area contributed by atoms with Crippen molar-refractivity contribution in [2.24, 2.45) is 5.73 Å². The van der Waals surface area contributed by atoms with Gasteiger partial charge in [0.15, 0.2) is 11.1 Å². The lowest BCUT2D eigenvalue weighted by molar-refractivity contribution is 0.569. The van der Waals surface area contributed by atoms with Gasteiger partial charge in [-0.3, -0.25) is 0 Å². The summed E-state index contributed by atoms with van der Waals surface area (Å²) in [4.78, 5) is 0.572. The highest BCUT2D eigenvalue weighted by Gasteiger charge is 2.14. The molecule has 52 valence electrons. The van der Waals surface area contributed by atoms with Gasteiger partial charge in [0.2, 0.25) is 0 Å². The van der Waals surface area contributed by atoms with E-state index in [2.05, 4.69) is 0 Å². The summed E-state index contributed by atoms with van der Waals surface area (Å²) in [5.41, 5.74) is 5.44. The standard InChI is InChI=1S/C5H9NO2S/c6-4-1-2-5(3-4)9(7)8/h3-4H,1-2,6H2,(H,7,8). The van der Waals surface area contributed by atoms with Crippen LogP contribution in [0, 0.1) is 0 Å². The van der Waals surface area contributed by atoms with Crippen LogP contribution < -0.4 is 5.73 Å². The summed E-state index contributed by atoms with van der Waals surface area (Å²) in [6, 6.07) is -0.00361. The van der Waals surface area contributed by atoms with E-state index in [0.717, 1.165) is 6.42 Å². The van der Waals surface area contributed by atoms with E-state index in [0.29, 0.717) is 11.3 Å². The van der Waals surface area contributed by atoms with Gasteiger partial charge < -0.3 is 10.3 Å². The number of hydrogen-bond acceptors (Lipinski definition) is 2. The third kappa shape index (κ3) is 1.61. The lowest BCUT2D eigenvalue weighted by Gasteiger charge is -1.90. The largest absolute Gasteiger partial charge is 0.324 e. The van der Waals surface area contributed by atoms with Crippen LogP contribution in [-0.2, 0) is 11.1 Å². The second kappa shape index (κ2) is 2.60. The molecule has 1 aliphatic carbocycles. The van der Waals surface area contributed by atoms with E-state index in [1.807, 2.05) is 0 Å². The Kier molecular flexibility index (Phi) is 2.00. The molecule has 0 spiro atoms. The Bertz CT molecular complexity index is 166. The van der Waals surface area contributed by atoms with E-state index in [4.69, 9.17) is 10.3 Å². The molecule has 0 heterocycles. The zero-order chi connectivity index (χ0) is 6.85. The van der Waals surface area contributed by atoms with E-state index in [1.165, 1.54) is 0 Å². The Morgan fingerprint density at radius 2 is 2.56 bits per heavy atom. The van der Waals surface area contributed by atoms with Crippen LogP contribution in [0.2, 0.25) is 0 Å². The van der Waals surface area contributed by atoms with Gasteiger partial charge in [-0.25, -0.2) is 4.21 Å². The van der Waals surface area contributed by atoms with Gasteiger partial charge in [-0.15, -0.1) is 0 Å². The van der Waals surface area contributed by atoms with E-state index < -0.39 is 11.1 Å². The molecule has 0 aromatic carbocycles. The second-order valence-electron chi connectivity index (χ2n) is 2.08. The molecule has 0 saturated carbocycles. The van der Waals surface area contributed by atoms with Crippen LogP contribution in [0.5, 0.6) is 0 Å². The maximum Gasteiger partial charge on any atom is 0.182 e. The summed E-state index contributed by atoms with van der Waals surface area (Å²) in [6.07, 6.45) is 3.14. The summed E-state index contributed by atoms with van der Waals surface area (Å²) < 4.78 is 18.9. The summed E-state index contributed by atoms with van der Waals surface area (Å²) in [7, 11) is 0. The molecule has 0 amide bonds. The zero-order valence-corrected chi connectivity index (χ0v) is 5.73. The molecular formula is C5H9NO2S. The van der Waals surface area contributed by atoms with Crippen molar-refractivity contribution in [1.29, 1.82) is 0 Å². The van der Waals surface area contributed by atoms with Gasteiger partial charge in [-0.1, -0.05) is 6.08 Å². The first-order valence-electron chi connectivity index (χ1n) is 2.77. The van der Waals surface area contributed by atoms with Crippen LogP contribution in [-0.4, -0.2) is 14.8 Å². The van der Waals surface area contributed by atoms with Crippen LogP contribution in [0.4, 0.5) is 0 Å². The topological polar surface area (TPSA) is 63.3 Å². The van der Waals surface area contributed by atoms with Crippen LogP contribution in [0.1, 0.15) is 12.8 Å². The van der Waals surface area contributed by atoms with Crippen LogP contribution in [0.15, 0.2) is 11.0 Å². The smallest absolute Gasteiger partial charge is 0.182 e. The molecule has 0 radical (unpaired) electrons. The Balaban J connectivity index is 2.62. The first-order chi connectivity index (χ1) is 4.20. The Labute approximate surface area is 56.2 Å². The molecule has 1 aliphatic rings. The van der Waals surface area contributed by atoms with Gasteiger partial charge in [-0.2, -0.15) is 0 Å². The van der Waals surface area contributed by atoms with Gasteiger partial charge in [0.25, 0.3) is 0 Å². The molecular weight excluding hydrogens is 138 g/mol. The molecule has 0 aromatic heterocycles. The average Bonchev–Trinajstić information content (AvgIpc) is 2.14. The first kappa shape index (κ1) is 6.92. The average molecular weight is 147 g/mol. The monoisotopic (exact) mass is 147 g/mol. The molecule has 1 rings (SSSR count). The quantitative estimate of drug-likeness (QED) is 0.521. The van der Waals surface area contributed by atoms with Crippen LogP contribution >= 0.6 is 0 Å². The summed E-state index contributed by atoms with van der Waals surface area (Å²) in [5.74, 6) is 0. The van der Waals surface area contributed by atoms with Crippen molar-refractivity contribution < 1.29 is 8.76 Å². The van der Waals surface area contributed by atoms with E-state index in [-0.39, 0.29) is 6.04 Å². The van der Waals surface area contributed by atoms with Crippen molar-refractivity contribution in [3.05, 3.63) is 11.0 Å². The highest BCUT2D eigenvalue weighted by atomic mass is 32.2. The fourth-order valence-electron chi connectivity index (χ4n) is 0.860. The lowest BCUT2D eigenvalue weighted by atomic mass is 10.3. The summed E-state index contributed by atoms with van der Waals surface area (Å²) in [6.45, 7) is 0. The van der Waals surface area contributed by atoms with Crippen molar-refractivity contribution in [3.63, 3.8) is 0 Å². The van der Waals surface area contributed by atoms with Crippen molar-refractivity contribution >= 4 is 11.1 Å². The van der Waals surface area contributed by atoms with Crippen molar-refractivity contribution in [1.82, 2.24) is 0 Å². The Morgan fingerprint density at radius 3 is 2.78 bits per heavy atom. The normalized spacial score (nSPS) is 30.0. The number of nitrogens with two attached hydrogens (primary N) is 1. The van der Waals surface area contributed by atoms with Gasteiger partial charge in [0, 0.05) is 10.9 Å². The van der Waals surface area contributed by atoms with Gasteiger partial charge >= 0.3 is 0 Å². The van der Waals surface area contributed by atoms with Crippen LogP contribution in [0.25, 0.3) is 0 Å². The van der Waals surface area contributed by atoms with Gasteiger partial charge in [0.1, 0.15) is 0 Å². The maximum absolute atomic E-state index is 10.3. The molecule has 0 fully saturated rings. The fraction of sp³-hybridized carbons (Fsp3) is 0.600. The molecule has 9 heavy (non-hydrogen) atoms. The molecule has 0 saturated heterocycles. The van der Waals surface area contributed by atoms with E-state index >= 15 is 0 Å². The minimum atomic E-state index is -1.78. The van der Waals surface area contributed by atoms with E-state index in [9.17, 15) is 4.21 Å². The molecule has 3 nitrogen and oxygen atoms in total. The third-order valence-corrected chi connectivity index (χ3v) is 2.14. The fourth-order valence-corrected chi connectivity index (χ4v) is 1.44. The Morgan fingerprint density at radius 1 is 1.89 bits per heavy atom. The van der Waals surface area contributed by atoms with Crippen molar-refractivity contribution in [2.75, 3.05) is 0 Å². The van der Waals surface area contributed by atoms with Crippen LogP contribution in [0.3, 0.4) is 0 Å². The zero-order valence-electron chi connectivity index (χ0n) is 4.91. The van der Waals surface area contributed by atoms with Crippen molar-refractivity contribution in [3.8, 4) is 0 Å². The Hall–Kier alpha value is -0.190. The highest BCUT2D eigenvalue weighted by molar-refractivity contribution is 7.83.